The van der Waals surface area contributed by atoms with Gasteiger partial charge in [0.2, 0.25) is 5.91 Å². The summed E-state index contributed by atoms with van der Waals surface area (Å²) in [6, 6.07) is 0.328. The summed E-state index contributed by atoms with van der Waals surface area (Å²) in [5.41, 5.74) is 0. The maximum atomic E-state index is 11.8. The summed E-state index contributed by atoms with van der Waals surface area (Å²) in [4.78, 5) is 11.8. The van der Waals surface area contributed by atoms with Crippen LogP contribution in [0.1, 0.15) is 40.0 Å². The van der Waals surface area contributed by atoms with Gasteiger partial charge in [0.15, 0.2) is 0 Å². The highest BCUT2D eigenvalue weighted by atomic mass is 16.1. The molecule has 1 aliphatic rings. The van der Waals surface area contributed by atoms with Gasteiger partial charge in [-0.25, -0.2) is 0 Å². The van der Waals surface area contributed by atoms with Crippen molar-refractivity contribution < 1.29 is 4.79 Å². The number of hydrogen-bond acceptors (Lipinski definition) is 2. The average Bonchev–Trinajstić information content (AvgIpc) is 2.29. The highest BCUT2D eigenvalue weighted by Crippen LogP contribution is 2.33. The predicted octanol–water partition coefficient (Wildman–Crippen LogP) is 1.79. The van der Waals surface area contributed by atoms with E-state index in [2.05, 4.69) is 37.3 Å². The van der Waals surface area contributed by atoms with Crippen LogP contribution in [0.3, 0.4) is 0 Å². The molecule has 0 aromatic heterocycles. The zero-order valence-corrected chi connectivity index (χ0v) is 11.8. The first-order valence-electron chi connectivity index (χ1n) is 6.98. The lowest BCUT2D eigenvalue weighted by molar-refractivity contribution is -0.121. The van der Waals surface area contributed by atoms with Crippen LogP contribution >= 0.6 is 0 Å². The lowest BCUT2D eigenvalue weighted by Gasteiger charge is -2.37. The number of amides is 1. The van der Waals surface area contributed by atoms with Crippen molar-refractivity contribution in [2.45, 2.75) is 46.1 Å². The fourth-order valence-electron chi connectivity index (χ4n) is 2.87. The molecule has 0 aromatic rings. The molecule has 18 heavy (non-hydrogen) atoms. The summed E-state index contributed by atoms with van der Waals surface area (Å²) in [6.45, 7) is 7.53. The van der Waals surface area contributed by atoms with E-state index in [1.807, 2.05) is 0 Å². The van der Waals surface area contributed by atoms with E-state index in [0.717, 1.165) is 6.42 Å². The van der Waals surface area contributed by atoms with Gasteiger partial charge in [-0.05, 0) is 30.6 Å². The number of carbonyl (C=O) groups excluding carboxylic acids is 1. The number of hydrogen-bond donors (Lipinski definition) is 2. The van der Waals surface area contributed by atoms with Gasteiger partial charge in [0.25, 0.3) is 0 Å². The van der Waals surface area contributed by atoms with E-state index in [4.69, 9.17) is 6.42 Å². The average molecular weight is 250 g/mol. The molecule has 3 unspecified atom stereocenters. The van der Waals surface area contributed by atoms with Crippen LogP contribution in [-0.2, 0) is 4.79 Å². The van der Waals surface area contributed by atoms with Crippen molar-refractivity contribution in [3.63, 3.8) is 0 Å². The second kappa shape index (κ2) is 7.43. The van der Waals surface area contributed by atoms with Gasteiger partial charge >= 0.3 is 0 Å². The summed E-state index contributed by atoms with van der Waals surface area (Å²) >= 11 is 0. The smallest absolute Gasteiger partial charge is 0.234 e. The second-order valence-corrected chi connectivity index (χ2v) is 5.81. The van der Waals surface area contributed by atoms with Crippen molar-refractivity contribution in [1.82, 2.24) is 10.6 Å². The van der Waals surface area contributed by atoms with Gasteiger partial charge < -0.3 is 5.32 Å². The van der Waals surface area contributed by atoms with Gasteiger partial charge in [-0.3, -0.25) is 10.1 Å². The Kier molecular flexibility index (Phi) is 6.21. The third-order valence-corrected chi connectivity index (χ3v) is 3.88. The van der Waals surface area contributed by atoms with Crippen LogP contribution in [-0.4, -0.2) is 25.0 Å². The van der Waals surface area contributed by atoms with Crippen molar-refractivity contribution in [2.24, 2.45) is 17.8 Å². The molecular formula is C15H26N2O. The van der Waals surface area contributed by atoms with Gasteiger partial charge in [0.1, 0.15) is 0 Å². The van der Waals surface area contributed by atoms with E-state index in [0.29, 0.717) is 36.9 Å². The van der Waals surface area contributed by atoms with E-state index < -0.39 is 0 Å². The van der Waals surface area contributed by atoms with Crippen molar-refractivity contribution >= 4 is 5.91 Å². The van der Waals surface area contributed by atoms with Crippen molar-refractivity contribution in [1.29, 1.82) is 0 Å². The molecule has 0 aliphatic heterocycles. The summed E-state index contributed by atoms with van der Waals surface area (Å²) in [5.74, 6) is 4.48. The van der Waals surface area contributed by atoms with E-state index in [9.17, 15) is 4.79 Å². The maximum Gasteiger partial charge on any atom is 0.234 e. The Morgan fingerprint density at radius 3 is 2.78 bits per heavy atom. The molecule has 102 valence electrons. The quantitative estimate of drug-likeness (QED) is 0.577. The summed E-state index contributed by atoms with van der Waals surface area (Å²) < 4.78 is 0. The first-order valence-corrected chi connectivity index (χ1v) is 6.98. The Morgan fingerprint density at radius 2 is 2.17 bits per heavy atom. The van der Waals surface area contributed by atoms with Crippen LogP contribution < -0.4 is 10.6 Å². The van der Waals surface area contributed by atoms with E-state index in [1.54, 1.807) is 0 Å². The zero-order valence-electron chi connectivity index (χ0n) is 11.8. The Labute approximate surface area is 111 Å². The van der Waals surface area contributed by atoms with Crippen molar-refractivity contribution in [3.8, 4) is 12.3 Å². The number of rotatable bonds is 5. The van der Waals surface area contributed by atoms with Gasteiger partial charge in [0.05, 0.1) is 13.1 Å². The second-order valence-electron chi connectivity index (χ2n) is 5.81. The van der Waals surface area contributed by atoms with Crippen LogP contribution in [0.4, 0.5) is 0 Å². The van der Waals surface area contributed by atoms with Crippen LogP contribution in [0.5, 0.6) is 0 Å². The Hall–Kier alpha value is -1.01. The lowest BCUT2D eigenvalue weighted by Crippen LogP contribution is -2.48. The topological polar surface area (TPSA) is 41.1 Å². The summed E-state index contributed by atoms with van der Waals surface area (Å²) in [6.07, 6.45) is 8.74. The minimum atomic E-state index is 0.0648. The monoisotopic (exact) mass is 250 g/mol. The van der Waals surface area contributed by atoms with E-state index in [1.165, 1.54) is 12.8 Å². The predicted molar refractivity (Wildman–Crippen MR) is 75.0 cm³/mol. The van der Waals surface area contributed by atoms with Crippen LogP contribution in [0.15, 0.2) is 0 Å². The highest BCUT2D eigenvalue weighted by Gasteiger charge is 2.31. The van der Waals surface area contributed by atoms with Gasteiger partial charge in [-0.2, -0.15) is 0 Å². The minimum absolute atomic E-state index is 0.0648. The molecule has 0 spiro atoms. The molecule has 0 radical (unpaired) electrons. The van der Waals surface area contributed by atoms with Gasteiger partial charge in [0, 0.05) is 6.04 Å². The normalized spacial score (nSPS) is 27.8. The molecule has 3 atom stereocenters. The molecule has 1 rings (SSSR count). The molecule has 0 saturated heterocycles. The lowest BCUT2D eigenvalue weighted by atomic mass is 9.74. The third kappa shape index (κ3) is 4.70. The molecule has 0 heterocycles. The number of carbonyl (C=O) groups is 1. The molecule has 3 nitrogen and oxygen atoms in total. The molecule has 1 amide bonds. The van der Waals surface area contributed by atoms with Gasteiger partial charge in [-0.15, -0.1) is 6.42 Å². The molecule has 2 N–H and O–H groups in total. The molecule has 0 aromatic carbocycles. The fraction of sp³-hybridized carbons (Fsp3) is 0.800. The molecule has 1 fully saturated rings. The standard InChI is InChI=1S/C15H26N2O/c1-5-8-16-10-15(18)17-14-9-12(4)6-7-13(14)11(2)3/h1,11-14,16H,6-10H2,2-4H3,(H,17,18). The molecule has 1 aliphatic carbocycles. The fourth-order valence-corrected chi connectivity index (χ4v) is 2.87. The van der Waals surface area contributed by atoms with Crippen molar-refractivity contribution in [3.05, 3.63) is 0 Å². The van der Waals surface area contributed by atoms with Crippen LogP contribution in [0.2, 0.25) is 0 Å². The number of terminal acetylenes is 1. The maximum absolute atomic E-state index is 11.8. The largest absolute Gasteiger partial charge is 0.352 e. The molecule has 3 heteroatoms. The first-order chi connectivity index (χ1) is 8.54. The van der Waals surface area contributed by atoms with Gasteiger partial charge in [-0.1, -0.05) is 33.1 Å². The zero-order chi connectivity index (χ0) is 13.5. The molecular weight excluding hydrogens is 224 g/mol. The van der Waals surface area contributed by atoms with E-state index in [-0.39, 0.29) is 5.91 Å². The molecule has 1 saturated carbocycles. The molecule has 0 bridgehead atoms. The summed E-state index contributed by atoms with van der Waals surface area (Å²) in [5, 5.41) is 6.10. The SMILES string of the molecule is C#CCNCC(=O)NC1CC(C)CCC1C(C)C. The summed E-state index contributed by atoms with van der Waals surface area (Å²) in [7, 11) is 0. The number of nitrogens with one attached hydrogen (secondary N) is 2. The minimum Gasteiger partial charge on any atom is -0.352 e. The Balaban J connectivity index is 2.45. The Morgan fingerprint density at radius 1 is 1.44 bits per heavy atom. The van der Waals surface area contributed by atoms with Crippen LogP contribution in [0.25, 0.3) is 0 Å². The van der Waals surface area contributed by atoms with Crippen LogP contribution in [0, 0.1) is 30.1 Å². The van der Waals surface area contributed by atoms with Crippen molar-refractivity contribution in [2.75, 3.05) is 13.1 Å². The van der Waals surface area contributed by atoms with E-state index >= 15 is 0 Å². The third-order valence-electron chi connectivity index (χ3n) is 3.88. The first kappa shape index (κ1) is 15.0. The highest BCUT2D eigenvalue weighted by molar-refractivity contribution is 5.78. The Bertz CT molecular complexity index is 306.